The van der Waals surface area contributed by atoms with Crippen molar-refractivity contribution in [3.8, 4) is 11.5 Å². The van der Waals surface area contributed by atoms with Crippen molar-refractivity contribution in [1.29, 1.82) is 0 Å². The molecular weight excluding hydrogens is 448 g/mol. The quantitative estimate of drug-likeness (QED) is 0.370. The number of fused-ring (bicyclic) bond motifs is 1. The summed E-state index contributed by atoms with van der Waals surface area (Å²) in [6, 6.07) is 17.3. The van der Waals surface area contributed by atoms with Crippen molar-refractivity contribution in [3.05, 3.63) is 88.8 Å². The van der Waals surface area contributed by atoms with Crippen molar-refractivity contribution in [2.24, 2.45) is 0 Å². The number of phenols is 1. The summed E-state index contributed by atoms with van der Waals surface area (Å²) in [5.74, 6) is -1.18. The standard InChI is InChI=1S/C23H18N2O7S/c1-31-21-9-5-3-7-16(21)25-33(29,30)14-10-11-18(26)17(12-14)24-23(28)22-13-19(27)15-6-2-4-8-20(15)32-22/h2-13,25-26H,1H3,(H,24,28). The highest BCUT2D eigenvalue weighted by atomic mass is 32.2. The molecule has 0 atom stereocenters. The van der Waals surface area contributed by atoms with Crippen LogP contribution in [0.1, 0.15) is 10.6 Å². The van der Waals surface area contributed by atoms with Crippen molar-refractivity contribution >= 4 is 38.3 Å². The van der Waals surface area contributed by atoms with Gasteiger partial charge in [0, 0.05) is 6.07 Å². The molecule has 3 N–H and O–H groups in total. The number of hydrogen-bond donors (Lipinski definition) is 3. The molecule has 0 radical (unpaired) electrons. The van der Waals surface area contributed by atoms with Crippen LogP contribution in [-0.2, 0) is 10.0 Å². The molecule has 0 fully saturated rings. The molecule has 0 aliphatic heterocycles. The molecule has 4 rings (SSSR count). The Morgan fingerprint density at radius 3 is 2.48 bits per heavy atom. The molecule has 0 spiro atoms. The second-order valence-electron chi connectivity index (χ2n) is 6.91. The first kappa shape index (κ1) is 21.9. The molecule has 3 aromatic carbocycles. The first-order valence-electron chi connectivity index (χ1n) is 9.61. The van der Waals surface area contributed by atoms with E-state index in [1.165, 1.54) is 19.2 Å². The van der Waals surface area contributed by atoms with E-state index in [-0.39, 0.29) is 33.4 Å². The van der Waals surface area contributed by atoms with Crippen LogP contribution in [0.25, 0.3) is 11.0 Å². The minimum Gasteiger partial charge on any atom is -0.506 e. The Bertz CT molecular complexity index is 1530. The largest absolute Gasteiger partial charge is 0.506 e. The van der Waals surface area contributed by atoms with Crippen molar-refractivity contribution in [2.45, 2.75) is 4.90 Å². The molecule has 0 saturated heterocycles. The van der Waals surface area contributed by atoms with E-state index in [0.717, 1.165) is 18.2 Å². The predicted molar refractivity (Wildman–Crippen MR) is 122 cm³/mol. The zero-order valence-electron chi connectivity index (χ0n) is 17.2. The average Bonchev–Trinajstić information content (AvgIpc) is 2.80. The number of anilines is 2. The lowest BCUT2D eigenvalue weighted by Gasteiger charge is -2.13. The van der Waals surface area contributed by atoms with Gasteiger partial charge < -0.3 is 19.6 Å². The second kappa shape index (κ2) is 8.67. The van der Waals surface area contributed by atoms with Gasteiger partial charge in [0.25, 0.3) is 15.9 Å². The van der Waals surface area contributed by atoms with Crippen LogP contribution in [0.4, 0.5) is 11.4 Å². The number of rotatable bonds is 6. The molecule has 0 saturated carbocycles. The SMILES string of the molecule is COc1ccccc1NS(=O)(=O)c1ccc(O)c(NC(=O)c2cc(=O)c3ccccc3o2)c1. The van der Waals surface area contributed by atoms with Gasteiger partial charge in [0.15, 0.2) is 11.2 Å². The Kier molecular flexibility index (Phi) is 5.76. The van der Waals surface area contributed by atoms with E-state index in [0.29, 0.717) is 11.1 Å². The van der Waals surface area contributed by atoms with Crippen LogP contribution < -0.4 is 20.2 Å². The molecule has 0 unspecified atom stereocenters. The van der Waals surface area contributed by atoms with E-state index in [4.69, 9.17) is 9.15 Å². The van der Waals surface area contributed by atoms with Gasteiger partial charge in [-0.15, -0.1) is 0 Å². The molecule has 1 amide bonds. The first-order chi connectivity index (χ1) is 15.8. The van der Waals surface area contributed by atoms with Crippen LogP contribution in [0.2, 0.25) is 0 Å². The number of carbonyl (C=O) groups is 1. The Labute approximate surface area is 188 Å². The minimum atomic E-state index is -4.09. The van der Waals surface area contributed by atoms with E-state index in [9.17, 15) is 23.1 Å². The summed E-state index contributed by atoms with van der Waals surface area (Å²) in [5, 5.41) is 12.8. The highest BCUT2D eigenvalue weighted by Gasteiger charge is 2.20. The number of aromatic hydroxyl groups is 1. The van der Waals surface area contributed by atoms with Crippen LogP contribution in [0.5, 0.6) is 11.5 Å². The second-order valence-corrected chi connectivity index (χ2v) is 8.59. The number of nitrogens with one attached hydrogen (secondary N) is 2. The molecule has 168 valence electrons. The number of amides is 1. The van der Waals surface area contributed by atoms with Gasteiger partial charge in [0.1, 0.15) is 17.1 Å². The van der Waals surface area contributed by atoms with Gasteiger partial charge in [-0.2, -0.15) is 0 Å². The highest BCUT2D eigenvalue weighted by molar-refractivity contribution is 7.92. The molecule has 4 aromatic rings. The topological polar surface area (TPSA) is 135 Å². The van der Waals surface area contributed by atoms with Crippen molar-refractivity contribution in [3.63, 3.8) is 0 Å². The molecule has 0 bridgehead atoms. The number of carbonyl (C=O) groups excluding carboxylic acids is 1. The lowest BCUT2D eigenvalue weighted by Crippen LogP contribution is -2.17. The van der Waals surface area contributed by atoms with Crippen molar-refractivity contribution in [1.82, 2.24) is 0 Å². The third-order valence-electron chi connectivity index (χ3n) is 4.74. The maximum absolute atomic E-state index is 12.9. The fourth-order valence-electron chi connectivity index (χ4n) is 3.11. The van der Waals surface area contributed by atoms with E-state index in [1.807, 2.05) is 0 Å². The summed E-state index contributed by atoms with van der Waals surface area (Å²) in [6.07, 6.45) is 0. The highest BCUT2D eigenvalue weighted by Crippen LogP contribution is 2.30. The number of para-hydroxylation sites is 3. The van der Waals surface area contributed by atoms with E-state index < -0.39 is 21.4 Å². The van der Waals surface area contributed by atoms with Crippen LogP contribution in [0.3, 0.4) is 0 Å². The monoisotopic (exact) mass is 466 g/mol. The number of ether oxygens (including phenoxy) is 1. The molecule has 1 heterocycles. The number of hydrogen-bond acceptors (Lipinski definition) is 7. The molecule has 10 heteroatoms. The fourth-order valence-corrected chi connectivity index (χ4v) is 4.21. The van der Waals surface area contributed by atoms with Crippen LogP contribution in [0.15, 0.2) is 86.9 Å². The normalized spacial score (nSPS) is 11.2. The van der Waals surface area contributed by atoms with Gasteiger partial charge in [-0.1, -0.05) is 24.3 Å². The Balaban J connectivity index is 1.64. The third kappa shape index (κ3) is 4.51. The molecular formula is C23H18N2O7S. The Morgan fingerprint density at radius 2 is 1.70 bits per heavy atom. The molecule has 0 aliphatic carbocycles. The average molecular weight is 466 g/mol. The Hall–Kier alpha value is -4.31. The lowest BCUT2D eigenvalue weighted by molar-refractivity contribution is 0.0996. The Morgan fingerprint density at radius 1 is 0.970 bits per heavy atom. The summed E-state index contributed by atoms with van der Waals surface area (Å²) in [5.41, 5.74) is -0.157. The summed E-state index contributed by atoms with van der Waals surface area (Å²) in [6.45, 7) is 0. The summed E-state index contributed by atoms with van der Waals surface area (Å²) < 4.78 is 38.8. The zero-order valence-corrected chi connectivity index (χ0v) is 18.0. The van der Waals surface area contributed by atoms with Gasteiger partial charge >= 0.3 is 0 Å². The number of sulfonamides is 1. The van der Waals surface area contributed by atoms with E-state index in [1.54, 1.807) is 42.5 Å². The van der Waals surface area contributed by atoms with Crippen molar-refractivity contribution < 1.29 is 27.5 Å². The number of benzene rings is 3. The van der Waals surface area contributed by atoms with Gasteiger partial charge in [-0.05, 0) is 42.5 Å². The molecule has 33 heavy (non-hydrogen) atoms. The minimum absolute atomic E-state index is 0.182. The van der Waals surface area contributed by atoms with Crippen LogP contribution >= 0.6 is 0 Å². The van der Waals surface area contributed by atoms with E-state index >= 15 is 0 Å². The summed E-state index contributed by atoms with van der Waals surface area (Å²) in [7, 11) is -2.68. The number of phenolic OH excluding ortho intramolecular Hbond substituents is 1. The third-order valence-corrected chi connectivity index (χ3v) is 6.10. The van der Waals surface area contributed by atoms with Gasteiger partial charge in [0.2, 0.25) is 0 Å². The van der Waals surface area contributed by atoms with Crippen molar-refractivity contribution in [2.75, 3.05) is 17.1 Å². The molecule has 0 aliphatic rings. The number of methoxy groups -OCH3 is 1. The summed E-state index contributed by atoms with van der Waals surface area (Å²) >= 11 is 0. The fraction of sp³-hybridized carbons (Fsp3) is 0.0435. The van der Waals surface area contributed by atoms with Gasteiger partial charge in [-0.3, -0.25) is 14.3 Å². The van der Waals surface area contributed by atoms with Crippen LogP contribution in [-0.4, -0.2) is 26.5 Å². The van der Waals surface area contributed by atoms with Crippen LogP contribution in [0, 0.1) is 0 Å². The maximum Gasteiger partial charge on any atom is 0.291 e. The smallest absolute Gasteiger partial charge is 0.291 e. The first-order valence-corrected chi connectivity index (χ1v) is 11.1. The summed E-state index contributed by atoms with van der Waals surface area (Å²) in [4.78, 5) is 24.7. The molecule has 9 nitrogen and oxygen atoms in total. The van der Waals surface area contributed by atoms with Gasteiger partial charge in [0.05, 0.1) is 28.8 Å². The maximum atomic E-state index is 12.9. The lowest BCUT2D eigenvalue weighted by atomic mass is 10.2. The zero-order chi connectivity index (χ0) is 23.6. The molecule has 1 aromatic heterocycles. The van der Waals surface area contributed by atoms with Gasteiger partial charge in [-0.25, -0.2) is 8.42 Å². The van der Waals surface area contributed by atoms with E-state index in [2.05, 4.69) is 10.0 Å². The predicted octanol–water partition coefficient (Wildman–Crippen LogP) is 3.56.